The van der Waals surface area contributed by atoms with E-state index in [1.807, 2.05) is 0 Å². The summed E-state index contributed by atoms with van der Waals surface area (Å²) in [5.74, 6) is 0. The molecule has 0 saturated heterocycles. The van der Waals surface area contributed by atoms with E-state index in [1.54, 1.807) is 0 Å². The molecule has 0 rings (SSSR count). The van der Waals surface area contributed by atoms with Gasteiger partial charge < -0.3 is 20.0 Å². The standard InChI is InChI=1S/CH5O6PS/c2-1(3)9-7-8(4,5)6/h1-3H,(H2,4,5,6). The minimum absolute atomic E-state index is 0.114. The van der Waals surface area contributed by atoms with Gasteiger partial charge in [-0.15, -0.1) is 0 Å². The first-order valence-corrected chi connectivity index (χ1v) is 4.02. The van der Waals surface area contributed by atoms with Gasteiger partial charge in [-0.05, 0) is 0 Å². The predicted octanol–water partition coefficient (Wildman–Crippen LogP) is -0.988. The van der Waals surface area contributed by atoms with E-state index in [-0.39, 0.29) is 12.0 Å². The number of phosphoric acid groups is 1. The summed E-state index contributed by atoms with van der Waals surface area (Å²) in [6.07, 6.45) is 0. The molecule has 0 aromatic heterocycles. The second-order valence-corrected chi connectivity index (χ2v) is 3.18. The highest BCUT2D eigenvalue weighted by atomic mass is 32.2. The topological polar surface area (TPSA) is 107 Å². The fourth-order valence-electron chi connectivity index (χ4n) is 0.0945. The molecule has 9 heavy (non-hydrogen) atoms. The lowest BCUT2D eigenvalue weighted by molar-refractivity contribution is 0.0359. The summed E-state index contributed by atoms with van der Waals surface area (Å²) < 4.78 is 13.3. The Kier molecular flexibility index (Phi) is 3.67. The Bertz CT molecular complexity index is 116. The van der Waals surface area contributed by atoms with Crippen LogP contribution < -0.4 is 0 Å². The summed E-state index contributed by atoms with van der Waals surface area (Å²) in [4.78, 5) is 15.8. The molecule has 0 aliphatic rings. The van der Waals surface area contributed by atoms with Crippen molar-refractivity contribution in [1.82, 2.24) is 0 Å². The van der Waals surface area contributed by atoms with Crippen molar-refractivity contribution in [3.8, 4) is 0 Å². The Morgan fingerprint density at radius 1 is 1.44 bits per heavy atom. The zero-order chi connectivity index (χ0) is 7.49. The average molecular weight is 176 g/mol. The fourth-order valence-corrected chi connectivity index (χ4v) is 0.851. The predicted molar refractivity (Wildman–Crippen MR) is 28.9 cm³/mol. The summed E-state index contributed by atoms with van der Waals surface area (Å²) in [5.41, 5.74) is -1.93. The molecule has 56 valence electrons. The van der Waals surface area contributed by atoms with Gasteiger partial charge in [0.25, 0.3) is 0 Å². The Balaban J connectivity index is 3.40. The molecular weight excluding hydrogens is 171 g/mol. The molecular formula is CH5O6PS. The molecule has 0 radical (unpaired) electrons. The molecule has 0 fully saturated rings. The van der Waals surface area contributed by atoms with E-state index in [9.17, 15) is 4.57 Å². The minimum Gasteiger partial charge on any atom is -0.358 e. The molecule has 4 N–H and O–H groups in total. The van der Waals surface area contributed by atoms with Gasteiger partial charge >= 0.3 is 7.82 Å². The largest absolute Gasteiger partial charge is 0.480 e. The first kappa shape index (κ1) is 9.38. The van der Waals surface area contributed by atoms with Crippen LogP contribution in [0.3, 0.4) is 0 Å². The van der Waals surface area contributed by atoms with Crippen molar-refractivity contribution < 1.29 is 28.5 Å². The molecule has 0 aliphatic carbocycles. The summed E-state index contributed by atoms with van der Waals surface area (Å²) in [7, 11) is -4.58. The van der Waals surface area contributed by atoms with E-state index in [0.29, 0.717) is 0 Å². The third kappa shape index (κ3) is 8.38. The maximum atomic E-state index is 9.76. The molecule has 0 aromatic carbocycles. The molecule has 0 aliphatic heterocycles. The van der Waals surface area contributed by atoms with Crippen LogP contribution in [-0.2, 0) is 8.54 Å². The molecule has 0 saturated carbocycles. The summed E-state index contributed by atoms with van der Waals surface area (Å²) in [6.45, 7) is 0. The van der Waals surface area contributed by atoms with E-state index in [0.717, 1.165) is 0 Å². The van der Waals surface area contributed by atoms with Gasteiger partial charge in [-0.2, -0.15) is 0 Å². The van der Waals surface area contributed by atoms with Gasteiger partial charge in [-0.25, -0.2) is 8.54 Å². The number of aliphatic hydroxyl groups excluding tert-OH is 1. The maximum absolute atomic E-state index is 9.76. The van der Waals surface area contributed by atoms with E-state index in [4.69, 9.17) is 20.0 Å². The van der Waals surface area contributed by atoms with E-state index >= 15 is 0 Å². The van der Waals surface area contributed by atoms with Crippen molar-refractivity contribution in [3.63, 3.8) is 0 Å². The highest BCUT2D eigenvalue weighted by molar-refractivity contribution is 7.98. The van der Waals surface area contributed by atoms with Crippen molar-refractivity contribution >= 4 is 19.9 Å². The van der Waals surface area contributed by atoms with Gasteiger partial charge in [0.15, 0.2) is 0 Å². The van der Waals surface area contributed by atoms with Crippen LogP contribution >= 0.6 is 19.9 Å². The zero-order valence-corrected chi connectivity index (χ0v) is 5.75. The van der Waals surface area contributed by atoms with E-state index in [2.05, 4.69) is 3.97 Å². The first-order chi connectivity index (χ1) is 3.92. The van der Waals surface area contributed by atoms with Gasteiger partial charge in [-0.3, -0.25) is 0 Å². The van der Waals surface area contributed by atoms with Gasteiger partial charge in [-0.1, -0.05) is 0 Å². The van der Waals surface area contributed by atoms with Crippen LogP contribution in [0, 0.1) is 0 Å². The first-order valence-electron chi connectivity index (χ1n) is 1.68. The third-order valence-corrected chi connectivity index (χ3v) is 1.52. The van der Waals surface area contributed by atoms with Crippen molar-refractivity contribution in [1.29, 1.82) is 0 Å². The van der Waals surface area contributed by atoms with Crippen LogP contribution in [0.5, 0.6) is 0 Å². The van der Waals surface area contributed by atoms with E-state index < -0.39 is 13.4 Å². The smallest absolute Gasteiger partial charge is 0.358 e. The van der Waals surface area contributed by atoms with Crippen LogP contribution in [-0.4, -0.2) is 25.6 Å². The Morgan fingerprint density at radius 2 is 1.89 bits per heavy atom. The lowest BCUT2D eigenvalue weighted by Crippen LogP contribution is -1.97. The van der Waals surface area contributed by atoms with Gasteiger partial charge in [0.05, 0.1) is 12.0 Å². The van der Waals surface area contributed by atoms with Crippen LogP contribution in [0.1, 0.15) is 0 Å². The van der Waals surface area contributed by atoms with Crippen LogP contribution in [0.4, 0.5) is 0 Å². The quantitative estimate of drug-likeness (QED) is 0.248. The number of hydrogen-bond acceptors (Lipinski definition) is 5. The van der Waals surface area contributed by atoms with Crippen LogP contribution in [0.2, 0.25) is 0 Å². The van der Waals surface area contributed by atoms with Crippen molar-refractivity contribution in [2.24, 2.45) is 0 Å². The fraction of sp³-hybridized carbons (Fsp3) is 1.00. The average Bonchev–Trinajstić information content (AvgIpc) is 1.59. The van der Waals surface area contributed by atoms with Crippen molar-refractivity contribution in [3.05, 3.63) is 0 Å². The lowest BCUT2D eigenvalue weighted by atomic mass is 11.5. The molecule has 6 nitrogen and oxygen atoms in total. The Hall–Kier alpha value is 0.380. The van der Waals surface area contributed by atoms with Crippen molar-refractivity contribution in [2.45, 2.75) is 5.62 Å². The van der Waals surface area contributed by atoms with Crippen molar-refractivity contribution in [2.75, 3.05) is 0 Å². The molecule has 0 heterocycles. The third-order valence-electron chi connectivity index (χ3n) is 0.226. The summed E-state index contributed by atoms with van der Waals surface area (Å²) >= 11 is -0.114. The van der Waals surface area contributed by atoms with Gasteiger partial charge in [0.1, 0.15) is 0 Å². The minimum atomic E-state index is -4.58. The number of rotatable bonds is 3. The Labute approximate surface area is 54.9 Å². The molecule has 0 amide bonds. The molecule has 0 atom stereocenters. The molecule has 0 aromatic rings. The maximum Gasteiger partial charge on any atom is 0.480 e. The lowest BCUT2D eigenvalue weighted by Gasteiger charge is -2.02. The second-order valence-electron chi connectivity index (χ2n) is 0.988. The molecule has 0 bridgehead atoms. The normalized spacial score (nSPS) is 12.6. The molecule has 0 spiro atoms. The van der Waals surface area contributed by atoms with Crippen LogP contribution in [0.25, 0.3) is 0 Å². The molecule has 0 unspecified atom stereocenters. The number of hydrogen-bond donors (Lipinski definition) is 4. The summed E-state index contributed by atoms with van der Waals surface area (Å²) in [6, 6.07) is 0. The molecule has 8 heteroatoms. The van der Waals surface area contributed by atoms with E-state index in [1.165, 1.54) is 0 Å². The van der Waals surface area contributed by atoms with Crippen LogP contribution in [0.15, 0.2) is 0 Å². The highest BCUT2D eigenvalue weighted by Gasteiger charge is 2.16. The monoisotopic (exact) mass is 176 g/mol. The SMILES string of the molecule is O=P(O)(O)OSC(O)O. The van der Waals surface area contributed by atoms with Gasteiger partial charge in [0, 0.05) is 0 Å². The van der Waals surface area contributed by atoms with Gasteiger partial charge in [0.2, 0.25) is 5.62 Å². The highest BCUT2D eigenvalue weighted by Crippen LogP contribution is 2.41. The zero-order valence-electron chi connectivity index (χ0n) is 4.04. The Morgan fingerprint density at radius 3 is 2.00 bits per heavy atom. The number of aliphatic hydroxyl groups is 2. The second kappa shape index (κ2) is 3.52. The summed E-state index contributed by atoms with van der Waals surface area (Å²) in [5, 5.41) is 15.9.